The average molecular weight is 392 g/mol. The molecule has 1 fully saturated rings. The van der Waals surface area contributed by atoms with Gasteiger partial charge in [-0.2, -0.15) is 3.22 Å². The van der Waals surface area contributed by atoms with Crippen LogP contribution in [0.2, 0.25) is 0 Å². The Hall–Kier alpha value is 0.390. The van der Waals surface area contributed by atoms with Crippen molar-refractivity contribution in [2.24, 2.45) is 11.3 Å². The fraction of sp³-hybridized carbons (Fsp3) is 0.882. The molecule has 1 heterocycles. The summed E-state index contributed by atoms with van der Waals surface area (Å²) in [5, 5.41) is 2.44. The summed E-state index contributed by atoms with van der Waals surface area (Å²) < 4.78 is 2.41. The second-order valence-electron chi connectivity index (χ2n) is 7.98. The van der Waals surface area contributed by atoms with E-state index in [1.165, 1.54) is 25.7 Å². The van der Waals surface area contributed by atoms with Gasteiger partial charge in [0.05, 0.1) is 0 Å². The van der Waals surface area contributed by atoms with Gasteiger partial charge in [0.25, 0.3) is 0 Å². The van der Waals surface area contributed by atoms with Crippen LogP contribution in [0.3, 0.4) is 0 Å². The van der Waals surface area contributed by atoms with Crippen LogP contribution in [0.15, 0.2) is 12.7 Å². The molecule has 1 aliphatic heterocycles. The van der Waals surface area contributed by atoms with Crippen LogP contribution < -0.4 is 0 Å². The zero-order valence-electron chi connectivity index (χ0n) is 14.2. The van der Waals surface area contributed by atoms with Crippen molar-refractivity contribution in [1.82, 2.24) is 8.23 Å². The molecular formula is C17H33IN2. The highest BCUT2D eigenvalue weighted by atomic mass is 127. The molecule has 2 atom stereocenters. The van der Waals surface area contributed by atoms with Crippen LogP contribution in [-0.2, 0) is 0 Å². The van der Waals surface area contributed by atoms with Gasteiger partial charge in [-0.3, -0.25) is 0 Å². The Bertz CT molecular complexity index is 325. The Balaban J connectivity index is 2.96. The van der Waals surface area contributed by atoms with E-state index in [1.54, 1.807) is 0 Å². The van der Waals surface area contributed by atoms with Crippen LogP contribution in [0.4, 0.5) is 0 Å². The molecule has 2 unspecified atom stereocenters. The van der Waals surface area contributed by atoms with E-state index in [-0.39, 0.29) is 5.54 Å². The van der Waals surface area contributed by atoms with Crippen molar-refractivity contribution >= 4 is 22.9 Å². The molecule has 0 saturated carbocycles. The third-order valence-corrected chi connectivity index (χ3v) is 6.48. The van der Waals surface area contributed by atoms with E-state index in [2.05, 4.69) is 85.4 Å². The molecule has 0 aliphatic carbocycles. The minimum absolute atomic E-state index is 0.219. The zero-order chi connectivity index (χ0) is 15.6. The first-order chi connectivity index (χ1) is 9.09. The van der Waals surface area contributed by atoms with Crippen LogP contribution in [-0.4, -0.2) is 26.9 Å². The Morgan fingerprint density at radius 1 is 1.25 bits per heavy atom. The zero-order valence-corrected chi connectivity index (χ0v) is 16.4. The van der Waals surface area contributed by atoms with Crippen molar-refractivity contribution in [2.45, 2.75) is 78.3 Å². The first-order valence-corrected chi connectivity index (χ1v) is 8.85. The Kier molecular flexibility index (Phi) is 6.55. The summed E-state index contributed by atoms with van der Waals surface area (Å²) in [6.45, 7) is 15.9. The van der Waals surface area contributed by atoms with Gasteiger partial charge >= 0.3 is 0 Å². The molecule has 0 N–H and O–H groups in total. The van der Waals surface area contributed by atoms with Crippen LogP contribution in [0.25, 0.3) is 0 Å². The summed E-state index contributed by atoms with van der Waals surface area (Å²) in [7, 11) is 2.24. The molecule has 0 radical (unpaired) electrons. The lowest BCUT2D eigenvalue weighted by molar-refractivity contribution is -0.0303. The molecule has 20 heavy (non-hydrogen) atoms. The van der Waals surface area contributed by atoms with E-state index in [0.717, 1.165) is 12.3 Å². The van der Waals surface area contributed by atoms with Gasteiger partial charge in [-0.1, -0.05) is 19.9 Å². The summed E-state index contributed by atoms with van der Waals surface area (Å²) in [5.41, 5.74) is 0.620. The molecule has 2 nitrogen and oxygen atoms in total. The molecule has 0 aromatic heterocycles. The minimum Gasteiger partial charge on any atom is -0.230 e. The van der Waals surface area contributed by atoms with Crippen molar-refractivity contribution in [3.8, 4) is 0 Å². The predicted octanol–water partition coefficient (Wildman–Crippen LogP) is 5.44. The number of hydrogen-bond acceptors (Lipinski definition) is 2. The molecule has 1 aliphatic rings. The van der Waals surface area contributed by atoms with E-state index in [4.69, 9.17) is 0 Å². The number of nitrogens with zero attached hydrogens (tertiary/aromatic N) is 2. The Morgan fingerprint density at radius 2 is 1.85 bits per heavy atom. The highest BCUT2D eigenvalue weighted by Crippen LogP contribution is 2.39. The second-order valence-corrected chi connectivity index (χ2v) is 8.96. The number of halogens is 1. The van der Waals surface area contributed by atoms with Crippen molar-refractivity contribution < 1.29 is 0 Å². The number of hydrogen-bond donors (Lipinski definition) is 0. The van der Waals surface area contributed by atoms with Crippen molar-refractivity contribution in [1.29, 1.82) is 0 Å². The van der Waals surface area contributed by atoms with Gasteiger partial charge in [0, 0.05) is 41.5 Å². The summed E-state index contributed by atoms with van der Waals surface area (Å²) in [5.74, 6) is 0.781. The molecule has 3 heteroatoms. The van der Waals surface area contributed by atoms with Crippen LogP contribution in [0.1, 0.15) is 66.7 Å². The molecular weight excluding hydrogens is 359 g/mol. The second kappa shape index (κ2) is 7.10. The van der Waals surface area contributed by atoms with Gasteiger partial charge < -0.3 is 0 Å². The fourth-order valence-corrected chi connectivity index (χ4v) is 4.33. The molecule has 118 valence electrons. The van der Waals surface area contributed by atoms with Crippen LogP contribution >= 0.6 is 22.9 Å². The van der Waals surface area contributed by atoms with Crippen molar-refractivity contribution in [3.63, 3.8) is 0 Å². The van der Waals surface area contributed by atoms with E-state index < -0.39 is 0 Å². The highest BCUT2D eigenvalue weighted by molar-refractivity contribution is 14.1. The molecule has 1 rings (SSSR count). The van der Waals surface area contributed by atoms with Gasteiger partial charge in [-0.15, -0.1) is 6.58 Å². The molecule has 0 spiro atoms. The predicted molar refractivity (Wildman–Crippen MR) is 97.7 cm³/mol. The van der Waals surface area contributed by atoms with E-state index >= 15 is 0 Å². The van der Waals surface area contributed by atoms with Gasteiger partial charge in [0.1, 0.15) is 0 Å². The fourth-order valence-electron chi connectivity index (χ4n) is 3.55. The quantitative estimate of drug-likeness (QED) is 0.351. The third-order valence-electron chi connectivity index (χ3n) is 4.88. The molecule has 0 aromatic carbocycles. The van der Waals surface area contributed by atoms with Gasteiger partial charge in [0.2, 0.25) is 0 Å². The Morgan fingerprint density at radius 3 is 2.40 bits per heavy atom. The largest absolute Gasteiger partial charge is 0.230 e. The smallest absolute Gasteiger partial charge is 0.0372 e. The number of hydrazine groups is 1. The highest BCUT2D eigenvalue weighted by Gasteiger charge is 2.35. The third kappa shape index (κ3) is 4.99. The maximum absolute atomic E-state index is 3.96. The van der Waals surface area contributed by atoms with E-state index in [1.807, 2.05) is 0 Å². The SMILES string of the molecule is C=CCC1CCC(C)(C)N(C)N(I)C(C)CC(C)(C)C1. The Labute approximate surface area is 140 Å². The molecule has 0 amide bonds. The first kappa shape index (κ1) is 18.4. The maximum Gasteiger partial charge on any atom is 0.0372 e. The lowest BCUT2D eigenvalue weighted by Crippen LogP contribution is -2.52. The molecule has 0 bridgehead atoms. The number of allylic oxidation sites excluding steroid dienone is 1. The van der Waals surface area contributed by atoms with Gasteiger partial charge in [-0.05, 0) is 64.2 Å². The normalized spacial score (nSPS) is 32.8. The number of rotatable bonds is 2. The summed E-state index contributed by atoms with van der Waals surface area (Å²) in [4.78, 5) is 0. The maximum atomic E-state index is 3.96. The average Bonchev–Trinajstić information content (AvgIpc) is 2.32. The van der Waals surface area contributed by atoms with Crippen molar-refractivity contribution in [2.75, 3.05) is 7.05 Å². The lowest BCUT2D eigenvalue weighted by Gasteiger charge is -2.46. The standard InChI is InChI=1S/C17H33IN2/c1-8-9-15-10-11-17(5,6)19(7)20(18)14(2)12-16(3,4)13-15/h8,14-15H,1,9-13H2,2-7H3. The summed E-state index contributed by atoms with van der Waals surface area (Å²) in [6, 6.07) is 0.567. The lowest BCUT2D eigenvalue weighted by atomic mass is 9.74. The van der Waals surface area contributed by atoms with Crippen molar-refractivity contribution in [3.05, 3.63) is 12.7 Å². The van der Waals surface area contributed by atoms with E-state index in [0.29, 0.717) is 11.5 Å². The topological polar surface area (TPSA) is 6.48 Å². The first-order valence-electron chi connectivity index (χ1n) is 7.89. The summed E-state index contributed by atoms with van der Waals surface area (Å²) in [6.07, 6.45) is 8.36. The van der Waals surface area contributed by atoms with Crippen LogP contribution in [0, 0.1) is 11.3 Å². The van der Waals surface area contributed by atoms with Gasteiger partial charge in [0.15, 0.2) is 0 Å². The van der Waals surface area contributed by atoms with Crippen LogP contribution in [0.5, 0.6) is 0 Å². The molecule has 1 saturated heterocycles. The van der Waals surface area contributed by atoms with Gasteiger partial charge in [-0.25, -0.2) is 5.01 Å². The van der Waals surface area contributed by atoms with E-state index in [9.17, 15) is 0 Å². The molecule has 0 aromatic rings. The summed E-state index contributed by atoms with van der Waals surface area (Å²) >= 11 is 2.49. The minimum atomic E-state index is 0.219. The monoisotopic (exact) mass is 392 g/mol.